The van der Waals surface area contributed by atoms with Crippen molar-refractivity contribution in [3.8, 4) is 0 Å². The standard InChI is InChI=1S/C14H22N4O2/c19-13-4-3-12(16-17-13)14(20)18(11-1-2-11)9-10-5-7-15-8-6-10/h10-11,15H,1-9H2,(H,17,19). The molecule has 20 heavy (non-hydrogen) atoms. The van der Waals surface area contributed by atoms with Gasteiger partial charge in [-0.15, -0.1) is 0 Å². The van der Waals surface area contributed by atoms with Crippen LogP contribution in [-0.2, 0) is 9.59 Å². The van der Waals surface area contributed by atoms with Gasteiger partial charge in [-0.2, -0.15) is 5.10 Å². The second-order valence-electron chi connectivity index (χ2n) is 5.98. The van der Waals surface area contributed by atoms with Crippen LogP contribution in [0, 0.1) is 5.92 Å². The molecule has 2 aliphatic heterocycles. The topological polar surface area (TPSA) is 73.8 Å². The van der Waals surface area contributed by atoms with E-state index in [9.17, 15) is 9.59 Å². The van der Waals surface area contributed by atoms with E-state index in [-0.39, 0.29) is 11.8 Å². The van der Waals surface area contributed by atoms with Crippen molar-refractivity contribution in [2.24, 2.45) is 11.0 Å². The Morgan fingerprint density at radius 2 is 1.95 bits per heavy atom. The lowest BCUT2D eigenvalue weighted by Crippen LogP contribution is -2.45. The first kappa shape index (κ1) is 13.5. The summed E-state index contributed by atoms with van der Waals surface area (Å²) in [4.78, 5) is 25.7. The van der Waals surface area contributed by atoms with Crippen LogP contribution in [0.15, 0.2) is 5.10 Å². The Kier molecular flexibility index (Phi) is 4.00. The minimum absolute atomic E-state index is 0.0334. The molecule has 0 aromatic carbocycles. The van der Waals surface area contributed by atoms with Crippen LogP contribution in [0.1, 0.15) is 38.5 Å². The fourth-order valence-corrected chi connectivity index (χ4v) is 2.92. The number of amides is 2. The highest BCUT2D eigenvalue weighted by molar-refractivity contribution is 6.39. The molecule has 0 radical (unpaired) electrons. The third-order valence-corrected chi connectivity index (χ3v) is 4.31. The summed E-state index contributed by atoms with van der Waals surface area (Å²) in [5.41, 5.74) is 2.94. The average Bonchev–Trinajstić information content (AvgIpc) is 3.30. The van der Waals surface area contributed by atoms with Crippen LogP contribution < -0.4 is 10.7 Å². The van der Waals surface area contributed by atoms with Crippen LogP contribution in [0.3, 0.4) is 0 Å². The van der Waals surface area contributed by atoms with E-state index in [1.807, 2.05) is 4.90 Å². The van der Waals surface area contributed by atoms with Gasteiger partial charge in [0.1, 0.15) is 5.71 Å². The number of hydrazone groups is 1. The van der Waals surface area contributed by atoms with E-state index < -0.39 is 0 Å². The predicted molar refractivity (Wildman–Crippen MR) is 75.1 cm³/mol. The van der Waals surface area contributed by atoms with E-state index in [0.717, 1.165) is 45.3 Å². The molecule has 2 amide bonds. The second kappa shape index (κ2) is 5.91. The lowest BCUT2D eigenvalue weighted by atomic mass is 9.97. The molecule has 0 aromatic heterocycles. The lowest BCUT2D eigenvalue weighted by Gasteiger charge is -2.31. The van der Waals surface area contributed by atoms with Gasteiger partial charge in [0, 0.05) is 25.4 Å². The maximum absolute atomic E-state index is 12.6. The molecule has 0 atom stereocenters. The molecule has 1 saturated heterocycles. The second-order valence-corrected chi connectivity index (χ2v) is 5.98. The van der Waals surface area contributed by atoms with Gasteiger partial charge in [-0.25, -0.2) is 5.43 Å². The van der Waals surface area contributed by atoms with Crippen LogP contribution in [0.25, 0.3) is 0 Å². The van der Waals surface area contributed by atoms with E-state index in [2.05, 4.69) is 15.8 Å². The number of carbonyl (C=O) groups is 2. The molecule has 0 spiro atoms. The van der Waals surface area contributed by atoms with Gasteiger partial charge in [-0.05, 0) is 44.7 Å². The van der Waals surface area contributed by atoms with Crippen molar-refractivity contribution in [3.63, 3.8) is 0 Å². The fourth-order valence-electron chi connectivity index (χ4n) is 2.92. The number of nitrogens with one attached hydrogen (secondary N) is 2. The van der Waals surface area contributed by atoms with Crippen molar-refractivity contribution in [1.29, 1.82) is 0 Å². The van der Waals surface area contributed by atoms with E-state index >= 15 is 0 Å². The summed E-state index contributed by atoms with van der Waals surface area (Å²) in [6.07, 6.45) is 5.34. The Labute approximate surface area is 119 Å². The minimum atomic E-state index is -0.0992. The first-order valence-electron chi connectivity index (χ1n) is 7.61. The largest absolute Gasteiger partial charge is 0.334 e. The zero-order valence-corrected chi connectivity index (χ0v) is 11.7. The van der Waals surface area contributed by atoms with Gasteiger partial charge in [0.2, 0.25) is 5.91 Å². The quantitative estimate of drug-likeness (QED) is 0.774. The number of nitrogens with zero attached hydrogens (tertiary/aromatic N) is 2. The summed E-state index contributed by atoms with van der Waals surface area (Å²) in [5, 5.41) is 7.30. The lowest BCUT2D eigenvalue weighted by molar-refractivity contribution is -0.125. The van der Waals surface area contributed by atoms with Gasteiger partial charge in [0.15, 0.2) is 0 Å². The Hall–Kier alpha value is -1.43. The van der Waals surface area contributed by atoms with Crippen LogP contribution >= 0.6 is 0 Å². The van der Waals surface area contributed by atoms with Crippen molar-refractivity contribution < 1.29 is 9.59 Å². The first-order chi connectivity index (χ1) is 9.74. The zero-order valence-electron chi connectivity index (χ0n) is 11.7. The van der Waals surface area contributed by atoms with Crippen molar-refractivity contribution in [3.05, 3.63) is 0 Å². The first-order valence-corrected chi connectivity index (χ1v) is 7.61. The Morgan fingerprint density at radius 3 is 2.55 bits per heavy atom. The summed E-state index contributed by atoms with van der Waals surface area (Å²) >= 11 is 0. The number of piperidine rings is 1. The van der Waals surface area contributed by atoms with Crippen LogP contribution in [0.4, 0.5) is 0 Å². The molecule has 0 unspecified atom stereocenters. The van der Waals surface area contributed by atoms with E-state index in [0.29, 0.717) is 30.5 Å². The van der Waals surface area contributed by atoms with Crippen molar-refractivity contribution >= 4 is 17.5 Å². The minimum Gasteiger partial charge on any atom is -0.334 e. The number of rotatable bonds is 4. The molecular weight excluding hydrogens is 256 g/mol. The Morgan fingerprint density at radius 1 is 1.20 bits per heavy atom. The highest BCUT2D eigenvalue weighted by Gasteiger charge is 2.36. The molecule has 0 bridgehead atoms. The molecular formula is C14H22N4O2. The molecule has 3 aliphatic rings. The molecule has 1 saturated carbocycles. The molecule has 2 N–H and O–H groups in total. The Balaban J connectivity index is 1.63. The molecule has 6 nitrogen and oxygen atoms in total. The average molecular weight is 278 g/mol. The van der Waals surface area contributed by atoms with Gasteiger partial charge in [0.25, 0.3) is 5.91 Å². The van der Waals surface area contributed by atoms with Gasteiger partial charge < -0.3 is 10.2 Å². The highest BCUT2D eigenvalue weighted by Crippen LogP contribution is 2.29. The fraction of sp³-hybridized carbons (Fsp3) is 0.786. The predicted octanol–water partition coefficient (Wildman–Crippen LogP) is 0.243. The maximum Gasteiger partial charge on any atom is 0.270 e. The Bertz CT molecular complexity index is 425. The van der Waals surface area contributed by atoms with Crippen LogP contribution in [0.5, 0.6) is 0 Å². The SMILES string of the molecule is O=C1CCC(C(=O)N(CC2CCNCC2)C2CC2)=NN1. The van der Waals surface area contributed by atoms with Crippen LogP contribution in [-0.4, -0.2) is 48.1 Å². The summed E-state index contributed by atoms with van der Waals surface area (Å²) in [7, 11) is 0. The molecule has 110 valence electrons. The van der Waals surface area contributed by atoms with Crippen molar-refractivity contribution in [1.82, 2.24) is 15.6 Å². The van der Waals surface area contributed by atoms with E-state index in [1.165, 1.54) is 0 Å². The summed E-state index contributed by atoms with van der Waals surface area (Å²) in [6.45, 7) is 2.95. The zero-order chi connectivity index (χ0) is 13.9. The van der Waals surface area contributed by atoms with Gasteiger partial charge >= 0.3 is 0 Å². The summed E-state index contributed by atoms with van der Waals surface area (Å²) in [6, 6.07) is 0.401. The molecule has 1 aliphatic carbocycles. The normalized spacial score (nSPS) is 24.0. The molecule has 3 rings (SSSR count). The van der Waals surface area contributed by atoms with Crippen molar-refractivity contribution in [2.45, 2.75) is 44.6 Å². The van der Waals surface area contributed by atoms with Crippen molar-refractivity contribution in [2.75, 3.05) is 19.6 Å². The van der Waals surface area contributed by atoms with Gasteiger partial charge in [0.05, 0.1) is 0 Å². The molecule has 0 aromatic rings. The molecule has 2 fully saturated rings. The van der Waals surface area contributed by atoms with Gasteiger partial charge in [-0.1, -0.05) is 0 Å². The summed E-state index contributed by atoms with van der Waals surface area (Å²) < 4.78 is 0. The van der Waals surface area contributed by atoms with E-state index in [1.54, 1.807) is 0 Å². The number of hydrogen-bond acceptors (Lipinski definition) is 4. The van der Waals surface area contributed by atoms with Gasteiger partial charge in [-0.3, -0.25) is 9.59 Å². The monoisotopic (exact) mass is 278 g/mol. The van der Waals surface area contributed by atoms with E-state index in [4.69, 9.17) is 0 Å². The molecule has 2 heterocycles. The third-order valence-electron chi connectivity index (χ3n) is 4.31. The van der Waals surface area contributed by atoms with Crippen LogP contribution in [0.2, 0.25) is 0 Å². The molecule has 6 heteroatoms. The smallest absolute Gasteiger partial charge is 0.270 e. The number of hydrogen-bond donors (Lipinski definition) is 2. The third kappa shape index (κ3) is 3.17. The number of carbonyl (C=O) groups excluding carboxylic acids is 2. The highest BCUT2D eigenvalue weighted by atomic mass is 16.2. The maximum atomic E-state index is 12.6. The summed E-state index contributed by atoms with van der Waals surface area (Å²) in [5.74, 6) is 0.531.